The molecule has 170 valence electrons. The number of hydrogen-bond donors (Lipinski definition) is 1. The van der Waals surface area contributed by atoms with Crippen molar-refractivity contribution in [2.45, 2.75) is 33.7 Å². The molecule has 4 rings (SSSR count). The molecule has 1 aliphatic heterocycles. The number of ketones is 1. The summed E-state index contributed by atoms with van der Waals surface area (Å²) < 4.78 is 11.4. The van der Waals surface area contributed by atoms with Crippen LogP contribution in [0.25, 0.3) is 5.76 Å². The highest BCUT2D eigenvalue weighted by Gasteiger charge is 2.48. The fraction of sp³-hybridized carbons (Fsp3) is 0.259. The van der Waals surface area contributed by atoms with Crippen molar-refractivity contribution in [3.05, 3.63) is 88.9 Å². The van der Waals surface area contributed by atoms with E-state index < -0.39 is 17.7 Å². The zero-order chi connectivity index (χ0) is 23.7. The lowest BCUT2D eigenvalue weighted by Crippen LogP contribution is -2.29. The molecular weight excluding hydrogens is 418 g/mol. The van der Waals surface area contributed by atoms with Crippen molar-refractivity contribution in [2.75, 3.05) is 11.5 Å². The first kappa shape index (κ1) is 22.4. The largest absolute Gasteiger partial charge is 0.507 e. The number of amides is 1. The van der Waals surface area contributed by atoms with Gasteiger partial charge in [0.1, 0.15) is 23.3 Å². The first-order chi connectivity index (χ1) is 15.8. The van der Waals surface area contributed by atoms with Crippen LogP contribution in [0.2, 0.25) is 0 Å². The Morgan fingerprint density at radius 2 is 1.82 bits per heavy atom. The third-order valence-corrected chi connectivity index (χ3v) is 5.59. The molecule has 6 heteroatoms. The van der Waals surface area contributed by atoms with Gasteiger partial charge >= 0.3 is 0 Å². The van der Waals surface area contributed by atoms with Crippen molar-refractivity contribution >= 4 is 23.1 Å². The van der Waals surface area contributed by atoms with Crippen LogP contribution >= 0.6 is 0 Å². The fourth-order valence-corrected chi connectivity index (χ4v) is 3.89. The Morgan fingerprint density at radius 1 is 1.09 bits per heavy atom. The Labute approximate surface area is 193 Å². The van der Waals surface area contributed by atoms with E-state index in [1.807, 2.05) is 26.0 Å². The smallest absolute Gasteiger partial charge is 0.300 e. The second-order valence-electron chi connectivity index (χ2n) is 8.71. The predicted octanol–water partition coefficient (Wildman–Crippen LogP) is 5.56. The molecule has 1 aliphatic rings. The summed E-state index contributed by atoms with van der Waals surface area (Å²) in [5.41, 5.74) is 2.83. The molecule has 1 amide bonds. The van der Waals surface area contributed by atoms with E-state index in [1.54, 1.807) is 42.5 Å². The molecule has 0 saturated carbocycles. The van der Waals surface area contributed by atoms with Crippen molar-refractivity contribution in [3.63, 3.8) is 0 Å². The number of aryl methyl sites for hydroxylation is 2. The van der Waals surface area contributed by atoms with Gasteiger partial charge < -0.3 is 14.3 Å². The average molecular weight is 446 g/mol. The SMILES string of the molecule is Cc1ccc(N2C(=O)C(=O)/C(=C(\O)c3ccc(OCC(C)C)c(C)c3)C2c2ccco2)cc1. The van der Waals surface area contributed by atoms with Crippen LogP contribution in [0.3, 0.4) is 0 Å². The summed E-state index contributed by atoms with van der Waals surface area (Å²) in [5, 5.41) is 11.2. The Balaban J connectivity index is 1.80. The lowest BCUT2D eigenvalue weighted by molar-refractivity contribution is -0.132. The normalized spacial score (nSPS) is 17.7. The van der Waals surface area contributed by atoms with Crippen LogP contribution in [0, 0.1) is 19.8 Å². The topological polar surface area (TPSA) is 80.0 Å². The van der Waals surface area contributed by atoms with Gasteiger partial charge in [-0.15, -0.1) is 0 Å². The molecular formula is C27H27NO5. The zero-order valence-corrected chi connectivity index (χ0v) is 19.2. The Morgan fingerprint density at radius 3 is 2.42 bits per heavy atom. The van der Waals surface area contributed by atoms with Crippen LogP contribution in [0.5, 0.6) is 5.75 Å². The van der Waals surface area contributed by atoms with Crippen molar-refractivity contribution in [1.82, 2.24) is 0 Å². The number of hydrogen-bond acceptors (Lipinski definition) is 5. The molecule has 1 fully saturated rings. The number of aliphatic hydroxyl groups is 1. The van der Waals surface area contributed by atoms with E-state index in [0.29, 0.717) is 35.3 Å². The van der Waals surface area contributed by atoms with Gasteiger partial charge in [-0.25, -0.2) is 0 Å². The summed E-state index contributed by atoms with van der Waals surface area (Å²) in [5.74, 6) is -0.234. The van der Waals surface area contributed by atoms with Crippen molar-refractivity contribution in [1.29, 1.82) is 0 Å². The molecule has 1 saturated heterocycles. The number of carbonyl (C=O) groups excluding carboxylic acids is 2. The monoisotopic (exact) mass is 445 g/mol. The lowest BCUT2D eigenvalue weighted by Gasteiger charge is -2.23. The maximum absolute atomic E-state index is 13.1. The summed E-state index contributed by atoms with van der Waals surface area (Å²) in [7, 11) is 0. The fourth-order valence-electron chi connectivity index (χ4n) is 3.89. The van der Waals surface area contributed by atoms with Crippen molar-refractivity contribution in [2.24, 2.45) is 5.92 Å². The van der Waals surface area contributed by atoms with Crippen LogP contribution in [0.4, 0.5) is 5.69 Å². The molecule has 1 atom stereocenters. The summed E-state index contributed by atoms with van der Waals surface area (Å²) in [4.78, 5) is 27.6. The summed E-state index contributed by atoms with van der Waals surface area (Å²) in [6.07, 6.45) is 1.48. The average Bonchev–Trinajstić information content (AvgIpc) is 3.40. The third-order valence-electron chi connectivity index (χ3n) is 5.59. The quantitative estimate of drug-likeness (QED) is 0.305. The molecule has 0 radical (unpaired) electrons. The molecule has 33 heavy (non-hydrogen) atoms. The minimum atomic E-state index is -0.875. The Hall–Kier alpha value is -3.80. The van der Waals surface area contributed by atoms with Crippen molar-refractivity contribution in [3.8, 4) is 5.75 Å². The van der Waals surface area contributed by atoms with Gasteiger partial charge in [0.15, 0.2) is 0 Å². The highest BCUT2D eigenvalue weighted by molar-refractivity contribution is 6.51. The zero-order valence-electron chi connectivity index (χ0n) is 19.2. The molecule has 2 heterocycles. The Bertz CT molecular complexity index is 1210. The predicted molar refractivity (Wildman–Crippen MR) is 126 cm³/mol. The number of benzene rings is 2. The van der Waals surface area contributed by atoms with E-state index >= 15 is 0 Å². The highest BCUT2D eigenvalue weighted by Crippen LogP contribution is 2.42. The van der Waals surface area contributed by atoms with E-state index in [0.717, 1.165) is 11.1 Å². The van der Waals surface area contributed by atoms with Gasteiger partial charge in [-0.05, 0) is 67.8 Å². The maximum Gasteiger partial charge on any atom is 0.300 e. The van der Waals surface area contributed by atoms with Crippen LogP contribution in [-0.4, -0.2) is 23.4 Å². The Kier molecular flexibility index (Phi) is 6.09. The minimum absolute atomic E-state index is 0.00854. The first-order valence-electron chi connectivity index (χ1n) is 10.9. The highest BCUT2D eigenvalue weighted by atomic mass is 16.5. The molecule has 1 unspecified atom stereocenters. The van der Waals surface area contributed by atoms with Crippen LogP contribution in [0.1, 0.15) is 42.3 Å². The van der Waals surface area contributed by atoms with Gasteiger partial charge in [0.25, 0.3) is 11.7 Å². The number of nitrogens with zero attached hydrogens (tertiary/aromatic N) is 1. The van der Waals surface area contributed by atoms with Gasteiger partial charge in [-0.3, -0.25) is 14.5 Å². The molecule has 0 spiro atoms. The van der Waals surface area contributed by atoms with E-state index in [4.69, 9.17) is 9.15 Å². The molecule has 1 N–H and O–H groups in total. The van der Waals surface area contributed by atoms with Gasteiger partial charge in [0.05, 0.1) is 18.4 Å². The summed E-state index contributed by atoms with van der Waals surface area (Å²) in [6, 6.07) is 15.0. The summed E-state index contributed by atoms with van der Waals surface area (Å²) >= 11 is 0. The number of ether oxygens (including phenoxy) is 1. The lowest BCUT2D eigenvalue weighted by atomic mass is 9.98. The van der Waals surface area contributed by atoms with E-state index in [1.165, 1.54) is 11.2 Å². The number of anilines is 1. The molecule has 1 aromatic heterocycles. The minimum Gasteiger partial charge on any atom is -0.507 e. The van der Waals surface area contributed by atoms with E-state index in [-0.39, 0.29) is 11.3 Å². The molecule has 6 nitrogen and oxygen atoms in total. The number of Topliss-reactive ketones (excluding diaryl/α,β-unsaturated/α-hetero) is 1. The van der Waals surface area contributed by atoms with Crippen molar-refractivity contribution < 1.29 is 23.8 Å². The maximum atomic E-state index is 13.1. The molecule has 0 bridgehead atoms. The number of furan rings is 1. The first-order valence-corrected chi connectivity index (χ1v) is 10.9. The third kappa shape index (κ3) is 4.29. The van der Waals surface area contributed by atoms with E-state index in [9.17, 15) is 14.7 Å². The molecule has 2 aromatic carbocycles. The van der Waals surface area contributed by atoms with Gasteiger partial charge in [-0.1, -0.05) is 31.5 Å². The standard InChI is InChI=1S/C27H27NO5/c1-16(2)15-33-21-12-9-19(14-18(21)4)25(29)23-24(22-6-5-13-32-22)28(27(31)26(23)30)20-10-7-17(3)8-11-20/h5-14,16,24,29H,15H2,1-4H3/b25-23-. The van der Waals surface area contributed by atoms with Gasteiger partial charge in [0, 0.05) is 11.3 Å². The van der Waals surface area contributed by atoms with Gasteiger partial charge in [0.2, 0.25) is 0 Å². The van der Waals surface area contributed by atoms with Crippen LogP contribution in [0.15, 0.2) is 70.9 Å². The van der Waals surface area contributed by atoms with Crippen LogP contribution < -0.4 is 9.64 Å². The number of carbonyl (C=O) groups is 2. The molecule has 0 aliphatic carbocycles. The van der Waals surface area contributed by atoms with E-state index in [2.05, 4.69) is 13.8 Å². The second-order valence-corrected chi connectivity index (χ2v) is 8.71. The van der Waals surface area contributed by atoms with Gasteiger partial charge in [-0.2, -0.15) is 0 Å². The number of aliphatic hydroxyl groups excluding tert-OH is 1. The molecule has 3 aromatic rings. The number of rotatable bonds is 6. The second kappa shape index (κ2) is 8.98. The summed E-state index contributed by atoms with van der Waals surface area (Å²) in [6.45, 7) is 8.53. The van der Waals surface area contributed by atoms with Crippen LogP contribution in [-0.2, 0) is 9.59 Å².